The Morgan fingerprint density at radius 1 is 1.00 bits per heavy atom. The summed E-state index contributed by atoms with van der Waals surface area (Å²) in [7, 11) is 1.62. The Labute approximate surface area is 177 Å². The molecule has 0 bridgehead atoms. The van der Waals surface area contributed by atoms with E-state index in [1.807, 2.05) is 0 Å². The third-order valence-corrected chi connectivity index (χ3v) is 4.77. The second kappa shape index (κ2) is 8.83. The van der Waals surface area contributed by atoms with Crippen LogP contribution in [0.15, 0.2) is 79.3 Å². The van der Waals surface area contributed by atoms with Gasteiger partial charge in [0.1, 0.15) is 23.7 Å². The van der Waals surface area contributed by atoms with Crippen molar-refractivity contribution in [3.63, 3.8) is 0 Å². The number of amides is 1. The fraction of sp³-hybridized carbons (Fsp3) is 0.130. The van der Waals surface area contributed by atoms with Crippen molar-refractivity contribution in [3.8, 4) is 17.3 Å². The van der Waals surface area contributed by atoms with Gasteiger partial charge >= 0.3 is 0 Å². The van der Waals surface area contributed by atoms with Crippen molar-refractivity contribution < 1.29 is 18.3 Å². The molecule has 0 aliphatic heterocycles. The highest BCUT2D eigenvalue weighted by atomic mass is 19.1. The number of nitrogens with zero attached hydrogens (tertiary/aromatic N) is 4. The molecule has 0 aliphatic rings. The fourth-order valence-corrected chi connectivity index (χ4v) is 3.18. The molecule has 0 aliphatic carbocycles. The summed E-state index contributed by atoms with van der Waals surface area (Å²) in [5, 5.41) is 4.27. The van der Waals surface area contributed by atoms with E-state index in [9.17, 15) is 13.6 Å². The molecule has 4 rings (SSSR count). The number of ether oxygens (including phenoxy) is 1. The average Bonchev–Trinajstić information content (AvgIpc) is 3.44. The van der Waals surface area contributed by atoms with Gasteiger partial charge in [-0.25, -0.2) is 13.5 Å². The van der Waals surface area contributed by atoms with Gasteiger partial charge in [-0.15, -0.1) is 0 Å². The smallest absolute Gasteiger partial charge is 0.259 e. The number of carbonyl (C=O) groups excluding carboxylic acids is 1. The average molecular weight is 422 g/mol. The minimum absolute atomic E-state index is 0.115. The highest BCUT2D eigenvalue weighted by Gasteiger charge is 2.23. The van der Waals surface area contributed by atoms with Crippen LogP contribution in [0.3, 0.4) is 0 Å². The van der Waals surface area contributed by atoms with Crippen LogP contribution in [0.25, 0.3) is 11.5 Å². The standard InChI is InChI=1S/C23H20F2N4O2/c1-27(14-15-31-21-11-5-3-9-19(21)25)23(30)17-16-26-29(20-10-4-2-8-18(20)24)22(17)28-12-6-7-13-28/h2-13,16H,14-15H2,1H3. The molecule has 2 heterocycles. The number of hydrogen-bond acceptors (Lipinski definition) is 3. The van der Waals surface area contributed by atoms with E-state index >= 15 is 0 Å². The van der Waals surface area contributed by atoms with Gasteiger partial charge in [0, 0.05) is 19.4 Å². The maximum Gasteiger partial charge on any atom is 0.259 e. The highest BCUT2D eigenvalue weighted by Crippen LogP contribution is 2.23. The van der Waals surface area contributed by atoms with E-state index in [2.05, 4.69) is 5.10 Å². The molecule has 0 unspecified atom stereocenters. The Bertz CT molecular complexity index is 1190. The molecular formula is C23H20F2N4O2. The molecule has 31 heavy (non-hydrogen) atoms. The number of aromatic nitrogens is 3. The van der Waals surface area contributed by atoms with Gasteiger partial charge in [0.25, 0.3) is 5.91 Å². The maximum absolute atomic E-state index is 14.4. The monoisotopic (exact) mass is 422 g/mol. The fourth-order valence-electron chi connectivity index (χ4n) is 3.18. The van der Waals surface area contributed by atoms with E-state index in [0.29, 0.717) is 11.4 Å². The SMILES string of the molecule is CN(CCOc1ccccc1F)C(=O)c1cnn(-c2ccccc2F)c1-n1cccc1. The lowest BCUT2D eigenvalue weighted by atomic mass is 10.2. The molecule has 0 spiro atoms. The number of benzene rings is 2. The van der Waals surface area contributed by atoms with Crippen LogP contribution >= 0.6 is 0 Å². The van der Waals surface area contributed by atoms with Crippen molar-refractivity contribution in [2.24, 2.45) is 0 Å². The van der Waals surface area contributed by atoms with E-state index in [1.165, 1.54) is 34.0 Å². The zero-order chi connectivity index (χ0) is 21.8. The van der Waals surface area contributed by atoms with E-state index in [4.69, 9.17) is 4.74 Å². The van der Waals surface area contributed by atoms with Crippen molar-refractivity contribution >= 4 is 5.91 Å². The van der Waals surface area contributed by atoms with Crippen LogP contribution in [0.2, 0.25) is 0 Å². The predicted molar refractivity (Wildman–Crippen MR) is 112 cm³/mol. The third-order valence-electron chi connectivity index (χ3n) is 4.77. The molecule has 0 N–H and O–H groups in total. The number of rotatable bonds is 7. The molecule has 8 heteroatoms. The summed E-state index contributed by atoms with van der Waals surface area (Å²) in [4.78, 5) is 14.6. The molecule has 4 aromatic rings. The largest absolute Gasteiger partial charge is 0.489 e. The van der Waals surface area contributed by atoms with Gasteiger partial charge in [-0.3, -0.25) is 4.79 Å². The van der Waals surface area contributed by atoms with E-state index in [0.717, 1.165) is 0 Å². The first-order valence-electron chi connectivity index (χ1n) is 9.65. The molecule has 2 aromatic heterocycles. The minimum atomic E-state index is -0.461. The first-order chi connectivity index (χ1) is 15.1. The summed E-state index contributed by atoms with van der Waals surface area (Å²) in [6.45, 7) is 0.340. The Hall–Kier alpha value is -3.94. The Balaban J connectivity index is 1.58. The van der Waals surface area contributed by atoms with Crippen LogP contribution < -0.4 is 4.74 Å². The maximum atomic E-state index is 14.4. The minimum Gasteiger partial charge on any atom is -0.489 e. The van der Waals surface area contributed by atoms with E-state index < -0.39 is 11.6 Å². The second-order valence-electron chi connectivity index (χ2n) is 6.84. The molecule has 0 saturated carbocycles. The van der Waals surface area contributed by atoms with Gasteiger partial charge < -0.3 is 14.2 Å². The van der Waals surface area contributed by atoms with E-state index in [-0.39, 0.29) is 30.5 Å². The number of para-hydroxylation sites is 2. The molecule has 0 atom stereocenters. The van der Waals surface area contributed by atoms with Crippen molar-refractivity contribution in [1.82, 2.24) is 19.2 Å². The predicted octanol–water partition coefficient (Wildman–Crippen LogP) is 4.09. The quantitative estimate of drug-likeness (QED) is 0.451. The summed E-state index contributed by atoms with van der Waals surface area (Å²) in [6.07, 6.45) is 4.93. The molecule has 2 aromatic carbocycles. The number of likely N-dealkylation sites (N-methyl/N-ethyl adjacent to an activating group) is 1. The van der Waals surface area contributed by atoms with Gasteiger partial charge in [-0.2, -0.15) is 5.10 Å². The Morgan fingerprint density at radius 2 is 1.68 bits per heavy atom. The molecular weight excluding hydrogens is 402 g/mol. The lowest BCUT2D eigenvalue weighted by Crippen LogP contribution is -2.31. The van der Waals surface area contributed by atoms with Crippen molar-refractivity contribution in [2.75, 3.05) is 20.2 Å². The summed E-state index contributed by atoms with van der Waals surface area (Å²) in [6, 6.07) is 15.9. The molecule has 158 valence electrons. The normalized spacial score (nSPS) is 10.8. The summed E-state index contributed by atoms with van der Waals surface area (Å²) < 4.78 is 36.6. The molecule has 1 amide bonds. The first kappa shape index (κ1) is 20.3. The molecule has 0 saturated heterocycles. The van der Waals surface area contributed by atoms with Crippen LogP contribution in [0.4, 0.5) is 8.78 Å². The summed E-state index contributed by atoms with van der Waals surface area (Å²) >= 11 is 0. The molecule has 0 radical (unpaired) electrons. The van der Waals surface area contributed by atoms with Crippen molar-refractivity contribution in [1.29, 1.82) is 0 Å². The summed E-state index contributed by atoms with van der Waals surface area (Å²) in [5.74, 6) is -0.684. The number of halogens is 2. The van der Waals surface area contributed by atoms with Crippen molar-refractivity contribution in [3.05, 3.63) is 96.5 Å². The van der Waals surface area contributed by atoms with Gasteiger partial charge in [0.05, 0.1) is 12.7 Å². The van der Waals surface area contributed by atoms with Gasteiger partial charge in [0.2, 0.25) is 0 Å². The van der Waals surface area contributed by atoms with Gasteiger partial charge in [-0.05, 0) is 36.4 Å². The van der Waals surface area contributed by atoms with E-state index in [1.54, 1.807) is 66.5 Å². The second-order valence-corrected chi connectivity index (χ2v) is 6.84. The van der Waals surface area contributed by atoms with Crippen molar-refractivity contribution in [2.45, 2.75) is 0 Å². The zero-order valence-corrected chi connectivity index (χ0v) is 16.8. The summed E-state index contributed by atoms with van der Waals surface area (Å²) in [5.41, 5.74) is 0.531. The Kier molecular flexibility index (Phi) is 5.79. The lowest BCUT2D eigenvalue weighted by molar-refractivity contribution is 0.0773. The first-order valence-corrected chi connectivity index (χ1v) is 9.65. The third kappa shape index (κ3) is 4.18. The highest BCUT2D eigenvalue weighted by molar-refractivity contribution is 5.97. The van der Waals surface area contributed by atoms with Crippen LogP contribution in [-0.2, 0) is 0 Å². The number of carbonyl (C=O) groups is 1. The van der Waals surface area contributed by atoms with Crippen LogP contribution in [-0.4, -0.2) is 45.4 Å². The topological polar surface area (TPSA) is 52.3 Å². The zero-order valence-electron chi connectivity index (χ0n) is 16.8. The van der Waals surface area contributed by atoms with Gasteiger partial charge in [0.15, 0.2) is 17.4 Å². The van der Waals surface area contributed by atoms with Crippen LogP contribution in [0.1, 0.15) is 10.4 Å². The molecule has 6 nitrogen and oxygen atoms in total. The lowest BCUT2D eigenvalue weighted by Gasteiger charge is -2.18. The number of hydrogen-bond donors (Lipinski definition) is 0. The molecule has 0 fully saturated rings. The Morgan fingerprint density at radius 3 is 2.39 bits per heavy atom. The van der Waals surface area contributed by atoms with Crippen LogP contribution in [0.5, 0.6) is 5.75 Å². The van der Waals surface area contributed by atoms with Crippen LogP contribution in [0, 0.1) is 11.6 Å². The van der Waals surface area contributed by atoms with Gasteiger partial charge in [-0.1, -0.05) is 24.3 Å².